The second-order valence-corrected chi connectivity index (χ2v) is 7.13. The first-order valence-electron chi connectivity index (χ1n) is 6.96. The molecule has 1 N–H and O–H groups in total. The molecule has 1 aliphatic rings. The second kappa shape index (κ2) is 5.77. The van der Waals surface area contributed by atoms with E-state index in [0.717, 1.165) is 37.1 Å². The van der Waals surface area contributed by atoms with Crippen LogP contribution in [0, 0.1) is 6.92 Å². The minimum absolute atomic E-state index is 0.0752. The first-order chi connectivity index (χ1) is 8.87. The Morgan fingerprint density at radius 3 is 2.84 bits per heavy atom. The predicted octanol–water partition coefficient (Wildman–Crippen LogP) is 2.56. The molecule has 4 nitrogen and oxygen atoms in total. The Hall–Kier alpha value is -0.650. The van der Waals surface area contributed by atoms with Gasteiger partial charge < -0.3 is 15.0 Å². The number of hydrogen-bond acceptors (Lipinski definition) is 5. The van der Waals surface area contributed by atoms with Crippen molar-refractivity contribution >= 4 is 16.5 Å². The molecule has 0 spiro atoms. The standard InChI is InChI=1S/C14H25N3OS/c1-10(2)15-8-12-11(3)16-13(19-12)17-6-7-18-14(4,5)9-17/h10,15H,6-9H2,1-5H3. The molecular formula is C14H25N3OS. The molecule has 0 saturated carbocycles. The van der Waals surface area contributed by atoms with Crippen molar-refractivity contribution in [1.82, 2.24) is 10.3 Å². The second-order valence-electron chi connectivity index (χ2n) is 6.07. The van der Waals surface area contributed by atoms with Gasteiger partial charge in [-0.3, -0.25) is 0 Å². The van der Waals surface area contributed by atoms with E-state index < -0.39 is 0 Å². The summed E-state index contributed by atoms with van der Waals surface area (Å²) in [4.78, 5) is 8.41. The Labute approximate surface area is 120 Å². The molecule has 0 atom stereocenters. The number of nitrogens with zero attached hydrogens (tertiary/aromatic N) is 2. The molecule has 1 fully saturated rings. The van der Waals surface area contributed by atoms with Crippen LogP contribution in [-0.2, 0) is 11.3 Å². The Morgan fingerprint density at radius 2 is 2.21 bits per heavy atom. The summed E-state index contributed by atoms with van der Waals surface area (Å²) in [5.41, 5.74) is 1.08. The fraction of sp³-hybridized carbons (Fsp3) is 0.786. The van der Waals surface area contributed by atoms with E-state index in [4.69, 9.17) is 9.72 Å². The third-order valence-corrected chi connectivity index (χ3v) is 4.47. The van der Waals surface area contributed by atoms with Crippen molar-refractivity contribution in [2.45, 2.75) is 52.8 Å². The zero-order valence-electron chi connectivity index (χ0n) is 12.6. The van der Waals surface area contributed by atoms with E-state index >= 15 is 0 Å². The van der Waals surface area contributed by atoms with Gasteiger partial charge in [0.05, 0.1) is 17.9 Å². The lowest BCUT2D eigenvalue weighted by molar-refractivity contribution is -0.0277. The van der Waals surface area contributed by atoms with Crippen LogP contribution in [0.3, 0.4) is 0 Å². The highest BCUT2D eigenvalue weighted by Crippen LogP contribution is 2.29. The van der Waals surface area contributed by atoms with Gasteiger partial charge in [0.1, 0.15) is 0 Å². The van der Waals surface area contributed by atoms with Crippen LogP contribution in [0.15, 0.2) is 0 Å². The highest BCUT2D eigenvalue weighted by atomic mass is 32.1. The zero-order chi connectivity index (χ0) is 14.0. The van der Waals surface area contributed by atoms with Gasteiger partial charge in [-0.05, 0) is 20.8 Å². The number of aromatic nitrogens is 1. The molecule has 0 aliphatic carbocycles. The molecule has 0 unspecified atom stereocenters. The molecule has 1 aromatic heterocycles. The maximum atomic E-state index is 5.76. The highest BCUT2D eigenvalue weighted by Gasteiger charge is 2.29. The summed E-state index contributed by atoms with van der Waals surface area (Å²) in [6, 6.07) is 0.507. The summed E-state index contributed by atoms with van der Waals surface area (Å²) in [7, 11) is 0. The quantitative estimate of drug-likeness (QED) is 0.921. The van der Waals surface area contributed by atoms with E-state index in [1.165, 1.54) is 4.88 Å². The van der Waals surface area contributed by atoms with Crippen molar-refractivity contribution in [2.75, 3.05) is 24.6 Å². The number of hydrogen-bond donors (Lipinski definition) is 1. The summed E-state index contributed by atoms with van der Waals surface area (Å²) in [6.07, 6.45) is 0. The van der Waals surface area contributed by atoms with Crippen molar-refractivity contribution < 1.29 is 4.74 Å². The average Bonchev–Trinajstić information content (AvgIpc) is 2.67. The van der Waals surface area contributed by atoms with Gasteiger partial charge >= 0.3 is 0 Å². The lowest BCUT2D eigenvalue weighted by atomic mass is 10.1. The van der Waals surface area contributed by atoms with E-state index in [2.05, 4.69) is 44.8 Å². The molecule has 1 saturated heterocycles. The summed E-state index contributed by atoms with van der Waals surface area (Å²) < 4.78 is 5.76. The Morgan fingerprint density at radius 1 is 1.47 bits per heavy atom. The molecule has 1 aliphatic heterocycles. The van der Waals surface area contributed by atoms with Crippen LogP contribution in [0.4, 0.5) is 5.13 Å². The molecule has 5 heteroatoms. The van der Waals surface area contributed by atoms with Gasteiger partial charge in [-0.25, -0.2) is 4.98 Å². The van der Waals surface area contributed by atoms with Gasteiger partial charge in [-0.15, -0.1) is 11.3 Å². The Kier molecular flexibility index (Phi) is 4.48. The molecule has 0 amide bonds. The number of ether oxygens (including phenoxy) is 1. The SMILES string of the molecule is Cc1nc(N2CCOC(C)(C)C2)sc1CNC(C)C. The number of nitrogens with one attached hydrogen (secondary N) is 1. The van der Waals surface area contributed by atoms with E-state index in [1.807, 2.05) is 0 Å². The minimum Gasteiger partial charge on any atom is -0.372 e. The number of rotatable bonds is 4. The van der Waals surface area contributed by atoms with Gasteiger partial charge in [0.25, 0.3) is 0 Å². The van der Waals surface area contributed by atoms with Gasteiger partial charge in [0.15, 0.2) is 5.13 Å². The summed E-state index contributed by atoms with van der Waals surface area (Å²) in [5, 5.41) is 4.60. The molecule has 0 bridgehead atoms. The molecule has 108 valence electrons. The van der Waals surface area contributed by atoms with Gasteiger partial charge in [0.2, 0.25) is 0 Å². The van der Waals surface area contributed by atoms with E-state index in [0.29, 0.717) is 6.04 Å². The molecule has 0 aromatic carbocycles. The molecule has 2 heterocycles. The van der Waals surface area contributed by atoms with Gasteiger partial charge in [0, 0.05) is 30.6 Å². The van der Waals surface area contributed by atoms with Crippen molar-refractivity contribution in [3.8, 4) is 0 Å². The molecule has 1 aromatic rings. The van der Waals surface area contributed by atoms with E-state index in [-0.39, 0.29) is 5.60 Å². The first kappa shape index (κ1) is 14.8. The maximum absolute atomic E-state index is 5.76. The Bertz CT molecular complexity index is 428. The first-order valence-corrected chi connectivity index (χ1v) is 7.77. The van der Waals surface area contributed by atoms with E-state index in [9.17, 15) is 0 Å². The third kappa shape index (κ3) is 3.91. The number of aryl methyl sites for hydroxylation is 1. The molecular weight excluding hydrogens is 258 g/mol. The van der Waals surface area contributed by atoms with Crippen LogP contribution in [0.5, 0.6) is 0 Å². The normalized spacial score (nSPS) is 19.2. The number of anilines is 1. The summed E-state index contributed by atoms with van der Waals surface area (Å²) in [5.74, 6) is 0. The van der Waals surface area contributed by atoms with Crippen LogP contribution < -0.4 is 10.2 Å². The Balaban J connectivity index is 2.06. The van der Waals surface area contributed by atoms with Crippen molar-refractivity contribution in [3.63, 3.8) is 0 Å². The van der Waals surface area contributed by atoms with Gasteiger partial charge in [-0.1, -0.05) is 13.8 Å². The van der Waals surface area contributed by atoms with Gasteiger partial charge in [-0.2, -0.15) is 0 Å². The fourth-order valence-electron chi connectivity index (χ4n) is 2.19. The van der Waals surface area contributed by atoms with Crippen LogP contribution in [0.25, 0.3) is 0 Å². The monoisotopic (exact) mass is 283 g/mol. The summed E-state index contributed by atoms with van der Waals surface area (Å²) >= 11 is 1.81. The van der Waals surface area contributed by atoms with Crippen molar-refractivity contribution in [3.05, 3.63) is 10.6 Å². The smallest absolute Gasteiger partial charge is 0.185 e. The molecule has 19 heavy (non-hydrogen) atoms. The molecule has 2 rings (SSSR count). The molecule has 0 radical (unpaired) electrons. The van der Waals surface area contributed by atoms with Crippen LogP contribution in [-0.4, -0.2) is 36.3 Å². The number of thiazole rings is 1. The van der Waals surface area contributed by atoms with Crippen molar-refractivity contribution in [1.29, 1.82) is 0 Å². The highest BCUT2D eigenvalue weighted by molar-refractivity contribution is 7.15. The van der Waals surface area contributed by atoms with Crippen LogP contribution >= 0.6 is 11.3 Å². The fourth-order valence-corrected chi connectivity index (χ4v) is 3.23. The third-order valence-electron chi connectivity index (χ3n) is 3.25. The van der Waals surface area contributed by atoms with Crippen LogP contribution in [0.2, 0.25) is 0 Å². The van der Waals surface area contributed by atoms with E-state index in [1.54, 1.807) is 11.3 Å². The predicted molar refractivity (Wildman–Crippen MR) is 81.1 cm³/mol. The lowest BCUT2D eigenvalue weighted by Crippen LogP contribution is -2.48. The largest absolute Gasteiger partial charge is 0.372 e. The minimum atomic E-state index is -0.0752. The average molecular weight is 283 g/mol. The number of morpholine rings is 1. The topological polar surface area (TPSA) is 37.4 Å². The zero-order valence-corrected chi connectivity index (χ0v) is 13.4. The van der Waals surface area contributed by atoms with Crippen molar-refractivity contribution in [2.24, 2.45) is 0 Å². The summed E-state index contributed by atoms with van der Waals surface area (Å²) in [6.45, 7) is 14.3. The lowest BCUT2D eigenvalue weighted by Gasteiger charge is -2.38. The van der Waals surface area contributed by atoms with Crippen LogP contribution in [0.1, 0.15) is 38.3 Å². The maximum Gasteiger partial charge on any atom is 0.185 e.